The molecule has 0 bridgehead atoms. The first-order valence-electron chi connectivity index (χ1n) is 7.36. The Balaban J connectivity index is 2.14. The van der Waals surface area contributed by atoms with E-state index in [9.17, 15) is 26.3 Å². The molecule has 0 aliphatic heterocycles. The summed E-state index contributed by atoms with van der Waals surface area (Å²) in [6.45, 7) is 1.78. The molecule has 3 rings (SSSR count). The maximum Gasteiger partial charge on any atom is 0.417 e. The second kappa shape index (κ2) is 6.49. The van der Waals surface area contributed by atoms with Gasteiger partial charge in [-0.25, -0.2) is 0 Å². The lowest BCUT2D eigenvalue weighted by Gasteiger charge is -2.11. The van der Waals surface area contributed by atoms with Crippen molar-refractivity contribution >= 4 is 22.8 Å². The molecule has 0 spiro atoms. The Kier molecular flexibility index (Phi) is 4.63. The van der Waals surface area contributed by atoms with Gasteiger partial charge in [0.05, 0.1) is 27.9 Å². The SMILES string of the molecule is CCSc1cc(C(F)(F)F)cnc1-c1c[nH]c2cc(C(F)(F)F)cnc12. The summed E-state index contributed by atoms with van der Waals surface area (Å²) in [6.07, 6.45) is -6.28. The van der Waals surface area contributed by atoms with Crippen LogP contribution in [0.2, 0.25) is 0 Å². The van der Waals surface area contributed by atoms with E-state index in [-0.39, 0.29) is 21.6 Å². The first kappa shape index (κ1) is 18.6. The molecule has 0 aliphatic rings. The highest BCUT2D eigenvalue weighted by atomic mass is 32.2. The molecule has 0 unspecified atom stereocenters. The van der Waals surface area contributed by atoms with Crippen molar-refractivity contribution in [2.45, 2.75) is 24.2 Å². The fourth-order valence-corrected chi connectivity index (χ4v) is 3.23. The van der Waals surface area contributed by atoms with Crippen molar-refractivity contribution in [2.24, 2.45) is 0 Å². The molecule has 3 heterocycles. The molecule has 0 saturated carbocycles. The number of hydrogen-bond donors (Lipinski definition) is 1. The minimum Gasteiger partial charge on any atom is -0.359 e. The van der Waals surface area contributed by atoms with Crippen LogP contribution in [0.5, 0.6) is 0 Å². The largest absolute Gasteiger partial charge is 0.417 e. The quantitative estimate of drug-likeness (QED) is 0.455. The maximum absolute atomic E-state index is 12.9. The van der Waals surface area contributed by atoms with Crippen molar-refractivity contribution in [1.29, 1.82) is 0 Å². The summed E-state index contributed by atoms with van der Waals surface area (Å²) in [5, 5.41) is 0. The minimum atomic E-state index is -4.54. The molecule has 0 radical (unpaired) electrons. The highest BCUT2D eigenvalue weighted by Gasteiger charge is 2.33. The summed E-state index contributed by atoms with van der Waals surface area (Å²) < 4.78 is 77.1. The van der Waals surface area contributed by atoms with Gasteiger partial charge in [0.2, 0.25) is 0 Å². The number of rotatable bonds is 3. The van der Waals surface area contributed by atoms with Gasteiger partial charge in [0.15, 0.2) is 0 Å². The Morgan fingerprint density at radius 1 is 0.962 bits per heavy atom. The number of aromatic amines is 1. The van der Waals surface area contributed by atoms with E-state index in [0.29, 0.717) is 23.7 Å². The second-order valence-corrected chi connectivity index (χ2v) is 6.63. The van der Waals surface area contributed by atoms with Crippen LogP contribution in [0.1, 0.15) is 18.1 Å². The molecule has 1 N–H and O–H groups in total. The van der Waals surface area contributed by atoms with Gasteiger partial charge in [0, 0.05) is 29.0 Å². The van der Waals surface area contributed by atoms with E-state index < -0.39 is 23.5 Å². The molecule has 10 heteroatoms. The van der Waals surface area contributed by atoms with E-state index in [2.05, 4.69) is 15.0 Å². The number of H-pyrrole nitrogens is 1. The van der Waals surface area contributed by atoms with Gasteiger partial charge in [-0.3, -0.25) is 9.97 Å². The average molecular weight is 391 g/mol. The smallest absolute Gasteiger partial charge is 0.359 e. The van der Waals surface area contributed by atoms with Crippen LogP contribution in [0.3, 0.4) is 0 Å². The number of nitrogens with one attached hydrogen (secondary N) is 1. The summed E-state index contributed by atoms with van der Waals surface area (Å²) in [6, 6.07) is 1.89. The lowest BCUT2D eigenvalue weighted by molar-refractivity contribution is -0.138. The number of aromatic nitrogens is 3. The Morgan fingerprint density at radius 3 is 2.19 bits per heavy atom. The molecule has 0 saturated heterocycles. The lowest BCUT2D eigenvalue weighted by atomic mass is 10.1. The number of halogens is 6. The van der Waals surface area contributed by atoms with E-state index in [1.807, 2.05) is 0 Å². The third-order valence-electron chi connectivity index (χ3n) is 3.58. The van der Waals surface area contributed by atoms with Crippen LogP contribution >= 0.6 is 11.8 Å². The third-order valence-corrected chi connectivity index (χ3v) is 4.49. The first-order valence-corrected chi connectivity index (χ1v) is 8.34. The van der Waals surface area contributed by atoms with Gasteiger partial charge in [-0.05, 0) is 17.9 Å². The highest BCUT2D eigenvalue weighted by Crippen LogP contribution is 2.38. The number of thioether (sulfide) groups is 1. The van der Waals surface area contributed by atoms with Crippen molar-refractivity contribution in [3.05, 3.63) is 41.9 Å². The Hall–Kier alpha value is -2.23. The van der Waals surface area contributed by atoms with Gasteiger partial charge in [-0.15, -0.1) is 11.8 Å². The topological polar surface area (TPSA) is 41.6 Å². The van der Waals surface area contributed by atoms with Gasteiger partial charge in [0.1, 0.15) is 0 Å². The van der Waals surface area contributed by atoms with Crippen molar-refractivity contribution in [2.75, 3.05) is 5.75 Å². The molecule has 0 fully saturated rings. The maximum atomic E-state index is 12.9. The number of hydrogen-bond acceptors (Lipinski definition) is 3. The van der Waals surface area contributed by atoms with Crippen molar-refractivity contribution in [3.8, 4) is 11.3 Å². The summed E-state index contributed by atoms with van der Waals surface area (Å²) in [4.78, 5) is 10.7. The summed E-state index contributed by atoms with van der Waals surface area (Å²) in [7, 11) is 0. The van der Waals surface area contributed by atoms with Crippen molar-refractivity contribution < 1.29 is 26.3 Å². The van der Waals surface area contributed by atoms with E-state index >= 15 is 0 Å². The number of fused-ring (bicyclic) bond motifs is 1. The number of pyridine rings is 2. The first-order chi connectivity index (χ1) is 12.1. The van der Waals surface area contributed by atoms with Crippen LogP contribution in [-0.4, -0.2) is 20.7 Å². The van der Waals surface area contributed by atoms with Crippen LogP contribution in [0.25, 0.3) is 22.3 Å². The second-order valence-electron chi connectivity index (χ2n) is 5.32. The molecule has 26 heavy (non-hydrogen) atoms. The summed E-state index contributed by atoms with van der Waals surface area (Å²) in [5.41, 5.74) is -0.875. The molecule has 3 nitrogen and oxygen atoms in total. The van der Waals surface area contributed by atoms with Crippen LogP contribution < -0.4 is 0 Å². The average Bonchev–Trinajstić information content (AvgIpc) is 2.96. The van der Waals surface area contributed by atoms with Crippen LogP contribution in [0.15, 0.2) is 35.6 Å². The molecule has 0 aliphatic carbocycles. The summed E-state index contributed by atoms with van der Waals surface area (Å²) >= 11 is 1.16. The fourth-order valence-electron chi connectivity index (χ4n) is 2.41. The Morgan fingerprint density at radius 2 is 1.58 bits per heavy atom. The zero-order chi connectivity index (χ0) is 19.1. The Bertz CT molecular complexity index is 945. The van der Waals surface area contributed by atoms with E-state index in [4.69, 9.17) is 0 Å². The monoisotopic (exact) mass is 391 g/mol. The normalized spacial score (nSPS) is 12.7. The molecule has 3 aromatic heterocycles. The molecule has 0 aromatic carbocycles. The molecule has 3 aromatic rings. The van der Waals surface area contributed by atoms with Gasteiger partial charge in [-0.2, -0.15) is 26.3 Å². The molecular weight excluding hydrogens is 380 g/mol. The van der Waals surface area contributed by atoms with Crippen LogP contribution in [0, 0.1) is 0 Å². The fraction of sp³-hybridized carbons (Fsp3) is 0.250. The Labute approximate surface area is 147 Å². The number of alkyl halides is 6. The minimum absolute atomic E-state index is 0.129. The molecular formula is C16H11F6N3S. The standard InChI is InChI=1S/C16H11F6N3S/c1-2-26-12-4-9(16(20,21)22)6-25-14(12)10-7-23-11-3-8(15(17,18)19)5-24-13(10)11/h3-7,23H,2H2,1H3. The van der Waals surface area contributed by atoms with Crippen LogP contribution in [0.4, 0.5) is 26.3 Å². The zero-order valence-electron chi connectivity index (χ0n) is 13.2. The van der Waals surface area contributed by atoms with Crippen molar-refractivity contribution in [3.63, 3.8) is 0 Å². The number of nitrogens with zero attached hydrogens (tertiary/aromatic N) is 2. The molecule has 0 atom stereocenters. The predicted molar refractivity (Wildman–Crippen MR) is 85.7 cm³/mol. The highest BCUT2D eigenvalue weighted by molar-refractivity contribution is 7.99. The van der Waals surface area contributed by atoms with E-state index in [1.54, 1.807) is 6.92 Å². The lowest BCUT2D eigenvalue weighted by Crippen LogP contribution is -2.06. The van der Waals surface area contributed by atoms with Gasteiger partial charge in [0.25, 0.3) is 0 Å². The van der Waals surface area contributed by atoms with Gasteiger partial charge in [-0.1, -0.05) is 6.92 Å². The molecule has 0 amide bonds. The van der Waals surface area contributed by atoms with Gasteiger partial charge >= 0.3 is 12.4 Å². The van der Waals surface area contributed by atoms with Crippen molar-refractivity contribution in [1.82, 2.24) is 15.0 Å². The molecule has 138 valence electrons. The third kappa shape index (κ3) is 3.50. The van der Waals surface area contributed by atoms with E-state index in [0.717, 1.165) is 23.9 Å². The van der Waals surface area contributed by atoms with Crippen LogP contribution in [-0.2, 0) is 12.4 Å². The van der Waals surface area contributed by atoms with E-state index in [1.165, 1.54) is 6.20 Å². The zero-order valence-corrected chi connectivity index (χ0v) is 14.0. The predicted octanol–water partition coefficient (Wildman–Crippen LogP) is 5.77. The van der Waals surface area contributed by atoms with Gasteiger partial charge < -0.3 is 4.98 Å². The summed E-state index contributed by atoms with van der Waals surface area (Å²) in [5.74, 6) is 0.504.